The number of carbonyl (C=O) groups excluding carboxylic acids is 3. The molecule has 0 saturated carbocycles. The summed E-state index contributed by atoms with van der Waals surface area (Å²) in [6.45, 7) is 5.65. The van der Waals surface area contributed by atoms with E-state index < -0.39 is 29.7 Å². The van der Waals surface area contributed by atoms with Gasteiger partial charge < -0.3 is 14.5 Å². The molecule has 0 unspecified atom stereocenters. The van der Waals surface area contributed by atoms with E-state index in [4.69, 9.17) is 4.74 Å². The molecule has 1 aromatic carbocycles. The van der Waals surface area contributed by atoms with Crippen molar-refractivity contribution in [1.29, 1.82) is 0 Å². The summed E-state index contributed by atoms with van der Waals surface area (Å²) in [5, 5.41) is 0. The Morgan fingerprint density at radius 3 is 2.59 bits per heavy atom. The molecule has 29 heavy (non-hydrogen) atoms. The Balaban J connectivity index is 2.17. The Bertz CT molecular complexity index is 769. The molecule has 0 N–H and O–H groups in total. The van der Waals surface area contributed by atoms with Gasteiger partial charge in [-0.15, -0.1) is 0 Å². The molecule has 1 aromatic rings. The Hall–Kier alpha value is -2.51. The smallest absolute Gasteiger partial charge is 0.328 e. The van der Waals surface area contributed by atoms with E-state index >= 15 is 0 Å². The van der Waals surface area contributed by atoms with E-state index in [2.05, 4.69) is 0 Å². The number of hydrogen-bond donors (Lipinski definition) is 0. The van der Waals surface area contributed by atoms with Gasteiger partial charge in [0.2, 0.25) is 11.8 Å². The lowest BCUT2D eigenvalue weighted by atomic mass is 10.0. The topological polar surface area (TPSA) is 66.9 Å². The quantitative estimate of drug-likeness (QED) is 0.618. The second-order valence-corrected chi connectivity index (χ2v) is 7.52. The first-order chi connectivity index (χ1) is 13.7. The van der Waals surface area contributed by atoms with Crippen molar-refractivity contribution in [1.82, 2.24) is 9.80 Å². The summed E-state index contributed by atoms with van der Waals surface area (Å²) in [7, 11) is 1.28. The number of likely N-dealkylation sites (N-methyl/N-ethyl adjacent to an activating group) is 1. The third-order valence-electron chi connectivity index (χ3n) is 5.31. The highest BCUT2D eigenvalue weighted by atomic mass is 19.2. The van der Waals surface area contributed by atoms with Gasteiger partial charge in [-0.1, -0.05) is 26.0 Å². The zero-order valence-electron chi connectivity index (χ0n) is 17.3. The van der Waals surface area contributed by atoms with Gasteiger partial charge in [0.05, 0.1) is 7.11 Å². The SMILES string of the molecule is CCN(C(=O)C[C@@H]1CCC(=O)N1Cc1cccc(F)c1F)[C@H](C(=O)OC)C(C)C. The lowest BCUT2D eigenvalue weighted by molar-refractivity contribution is -0.155. The number of rotatable bonds is 8. The molecule has 1 aliphatic heterocycles. The Kier molecular flexibility index (Phi) is 7.70. The van der Waals surface area contributed by atoms with E-state index in [0.717, 1.165) is 6.07 Å². The number of nitrogens with zero attached hydrogens (tertiary/aromatic N) is 2. The Morgan fingerprint density at radius 2 is 2.00 bits per heavy atom. The Morgan fingerprint density at radius 1 is 1.31 bits per heavy atom. The molecule has 1 saturated heterocycles. The van der Waals surface area contributed by atoms with E-state index in [9.17, 15) is 23.2 Å². The fraction of sp³-hybridized carbons (Fsp3) is 0.571. The van der Waals surface area contributed by atoms with Crippen molar-refractivity contribution >= 4 is 17.8 Å². The van der Waals surface area contributed by atoms with Crippen LogP contribution in [0.25, 0.3) is 0 Å². The summed E-state index contributed by atoms with van der Waals surface area (Å²) in [6, 6.07) is 2.68. The number of likely N-dealkylation sites (tertiary alicyclic amines) is 1. The number of hydrogen-bond acceptors (Lipinski definition) is 4. The van der Waals surface area contributed by atoms with E-state index in [0.29, 0.717) is 13.0 Å². The molecular weight excluding hydrogens is 382 g/mol. The van der Waals surface area contributed by atoms with Gasteiger partial charge in [-0.3, -0.25) is 9.59 Å². The van der Waals surface area contributed by atoms with Gasteiger partial charge in [0.15, 0.2) is 11.6 Å². The zero-order chi connectivity index (χ0) is 21.7. The largest absolute Gasteiger partial charge is 0.467 e. The van der Waals surface area contributed by atoms with Crippen molar-refractivity contribution < 1.29 is 27.9 Å². The minimum Gasteiger partial charge on any atom is -0.467 e. The average Bonchev–Trinajstić information content (AvgIpc) is 3.01. The highest BCUT2D eigenvalue weighted by Gasteiger charge is 2.37. The molecule has 2 amide bonds. The molecule has 1 heterocycles. The summed E-state index contributed by atoms with van der Waals surface area (Å²) >= 11 is 0. The van der Waals surface area contributed by atoms with Gasteiger partial charge >= 0.3 is 5.97 Å². The first-order valence-electron chi connectivity index (χ1n) is 9.80. The maximum absolute atomic E-state index is 14.0. The van der Waals surface area contributed by atoms with Gasteiger partial charge in [0.1, 0.15) is 6.04 Å². The molecule has 2 atom stereocenters. The fourth-order valence-electron chi connectivity index (χ4n) is 3.80. The summed E-state index contributed by atoms with van der Waals surface area (Å²) in [6.07, 6.45) is 0.700. The van der Waals surface area contributed by atoms with E-state index in [1.165, 1.54) is 29.0 Å². The number of carbonyl (C=O) groups is 3. The molecule has 1 aliphatic rings. The predicted molar refractivity (Wildman–Crippen MR) is 103 cm³/mol. The van der Waals surface area contributed by atoms with E-state index in [1.807, 2.05) is 13.8 Å². The van der Waals surface area contributed by atoms with Crippen LogP contribution in [0.2, 0.25) is 0 Å². The first-order valence-corrected chi connectivity index (χ1v) is 9.80. The first kappa shape index (κ1) is 22.8. The molecule has 0 bridgehead atoms. The highest BCUT2D eigenvalue weighted by Crippen LogP contribution is 2.26. The fourth-order valence-corrected chi connectivity index (χ4v) is 3.80. The number of halogens is 2. The van der Waals surface area contributed by atoms with Crippen molar-refractivity contribution in [2.45, 2.75) is 58.7 Å². The zero-order valence-corrected chi connectivity index (χ0v) is 17.3. The van der Waals surface area contributed by atoms with Crippen LogP contribution in [-0.4, -0.2) is 53.3 Å². The predicted octanol–water partition coefficient (Wildman–Crippen LogP) is 2.89. The summed E-state index contributed by atoms with van der Waals surface area (Å²) in [5.74, 6) is -3.08. The number of benzene rings is 1. The molecule has 8 heteroatoms. The van der Waals surface area contributed by atoms with Crippen LogP contribution in [0.15, 0.2) is 18.2 Å². The average molecular weight is 410 g/mol. The van der Waals surface area contributed by atoms with Gasteiger partial charge in [-0.25, -0.2) is 13.6 Å². The number of ether oxygens (including phenoxy) is 1. The number of esters is 1. The molecule has 0 aromatic heterocycles. The van der Waals surface area contributed by atoms with Crippen LogP contribution in [0.3, 0.4) is 0 Å². The third-order valence-corrected chi connectivity index (χ3v) is 5.31. The lowest BCUT2D eigenvalue weighted by Crippen LogP contribution is -2.50. The second-order valence-electron chi connectivity index (χ2n) is 7.52. The molecule has 0 spiro atoms. The van der Waals surface area contributed by atoms with Crippen molar-refractivity contribution in [3.63, 3.8) is 0 Å². The minimum atomic E-state index is -0.988. The van der Waals surface area contributed by atoms with Crippen molar-refractivity contribution in [3.05, 3.63) is 35.4 Å². The van der Waals surface area contributed by atoms with Crippen LogP contribution in [0.1, 0.15) is 45.6 Å². The van der Waals surface area contributed by atoms with Crippen LogP contribution in [0, 0.1) is 17.6 Å². The van der Waals surface area contributed by atoms with Crippen LogP contribution in [0.5, 0.6) is 0 Å². The Labute approximate surface area is 169 Å². The standard InChI is InChI=1S/C21H28F2N2O4/c1-5-24(20(13(2)3)21(28)29-4)18(27)11-15-9-10-17(26)25(15)12-14-7-6-8-16(22)19(14)23/h6-8,13,15,20H,5,9-12H2,1-4H3/t15-,20-/m0/s1. The molecule has 1 fully saturated rings. The van der Waals surface area contributed by atoms with E-state index in [1.54, 1.807) is 6.92 Å². The highest BCUT2D eigenvalue weighted by molar-refractivity contribution is 5.86. The molecule has 0 aliphatic carbocycles. The van der Waals surface area contributed by atoms with Crippen molar-refractivity contribution in [2.75, 3.05) is 13.7 Å². The van der Waals surface area contributed by atoms with E-state index in [-0.39, 0.29) is 42.7 Å². The summed E-state index contributed by atoms with van der Waals surface area (Å²) in [5.41, 5.74) is 0.0691. The summed E-state index contributed by atoms with van der Waals surface area (Å²) in [4.78, 5) is 40.3. The van der Waals surface area contributed by atoms with Crippen LogP contribution >= 0.6 is 0 Å². The molecule has 0 radical (unpaired) electrons. The van der Waals surface area contributed by atoms with Gasteiger partial charge in [0.25, 0.3) is 0 Å². The molecule has 160 valence electrons. The van der Waals surface area contributed by atoms with Crippen LogP contribution < -0.4 is 0 Å². The van der Waals surface area contributed by atoms with Gasteiger partial charge in [0, 0.05) is 37.5 Å². The summed E-state index contributed by atoms with van der Waals surface area (Å²) < 4.78 is 32.4. The van der Waals surface area contributed by atoms with Crippen molar-refractivity contribution in [2.24, 2.45) is 5.92 Å². The number of methoxy groups -OCH3 is 1. The molecular formula is C21H28F2N2O4. The van der Waals surface area contributed by atoms with Crippen molar-refractivity contribution in [3.8, 4) is 0 Å². The van der Waals surface area contributed by atoms with Gasteiger partial charge in [-0.05, 0) is 25.3 Å². The second kappa shape index (κ2) is 9.80. The molecule has 2 rings (SSSR count). The maximum atomic E-state index is 14.0. The minimum absolute atomic E-state index is 0.0106. The van der Waals surface area contributed by atoms with Crippen LogP contribution in [0.4, 0.5) is 8.78 Å². The number of amides is 2. The normalized spacial score (nSPS) is 17.6. The maximum Gasteiger partial charge on any atom is 0.328 e. The van der Waals surface area contributed by atoms with Gasteiger partial charge in [-0.2, -0.15) is 0 Å². The monoisotopic (exact) mass is 410 g/mol. The third kappa shape index (κ3) is 5.10. The lowest BCUT2D eigenvalue weighted by Gasteiger charge is -2.33. The molecule has 6 nitrogen and oxygen atoms in total. The van der Waals surface area contributed by atoms with Crippen LogP contribution in [-0.2, 0) is 25.7 Å².